The summed E-state index contributed by atoms with van der Waals surface area (Å²) in [6.07, 6.45) is 6.54. The van der Waals surface area contributed by atoms with Gasteiger partial charge in [0.05, 0.1) is 31.3 Å². The van der Waals surface area contributed by atoms with Crippen molar-refractivity contribution >= 4 is 10.9 Å². The highest BCUT2D eigenvalue weighted by Crippen LogP contribution is 2.19. The fraction of sp³-hybridized carbons (Fsp3) is 0.412. The Hall–Kier alpha value is -2.18. The molecule has 0 saturated carbocycles. The van der Waals surface area contributed by atoms with Gasteiger partial charge in [0, 0.05) is 36.9 Å². The minimum atomic E-state index is 0.504. The Balaban J connectivity index is 1.44. The van der Waals surface area contributed by atoms with Gasteiger partial charge in [-0.15, -0.1) is 0 Å². The number of hydrogen-bond acceptors (Lipinski definition) is 4. The number of ether oxygens (including phenoxy) is 1. The van der Waals surface area contributed by atoms with Crippen LogP contribution in [0.3, 0.4) is 0 Å². The maximum atomic E-state index is 5.82. The first kappa shape index (κ1) is 14.4. The number of H-pyrrole nitrogens is 2. The summed E-state index contributed by atoms with van der Waals surface area (Å²) in [5.74, 6) is 0.504. The van der Waals surface area contributed by atoms with Crippen molar-refractivity contribution < 1.29 is 4.74 Å². The van der Waals surface area contributed by atoms with Gasteiger partial charge in [-0.2, -0.15) is 5.10 Å². The maximum Gasteiger partial charge on any atom is 0.0922 e. The van der Waals surface area contributed by atoms with Crippen molar-refractivity contribution in [1.82, 2.24) is 25.1 Å². The molecule has 0 aliphatic carbocycles. The minimum Gasteiger partial charge on any atom is -0.380 e. The second kappa shape index (κ2) is 6.52. The van der Waals surface area contributed by atoms with E-state index in [4.69, 9.17) is 4.74 Å². The fourth-order valence-electron chi connectivity index (χ4n) is 3.28. The monoisotopic (exact) mass is 311 g/mol. The van der Waals surface area contributed by atoms with Crippen LogP contribution in [0, 0.1) is 5.92 Å². The number of fused-ring (bicyclic) bond motifs is 1. The molecule has 1 unspecified atom stereocenters. The maximum absolute atomic E-state index is 5.82. The summed E-state index contributed by atoms with van der Waals surface area (Å²) in [6, 6.07) is 6.52. The number of benzene rings is 1. The van der Waals surface area contributed by atoms with Crippen molar-refractivity contribution in [1.29, 1.82) is 0 Å². The molecule has 1 aliphatic heterocycles. The Kier molecular flexibility index (Phi) is 4.08. The first-order valence-corrected chi connectivity index (χ1v) is 8.06. The molecule has 1 saturated heterocycles. The summed E-state index contributed by atoms with van der Waals surface area (Å²) in [7, 11) is 0. The average molecular weight is 311 g/mol. The third-order valence-corrected chi connectivity index (χ3v) is 4.40. The van der Waals surface area contributed by atoms with Crippen molar-refractivity contribution in [2.24, 2.45) is 5.92 Å². The van der Waals surface area contributed by atoms with Crippen molar-refractivity contribution in [3.63, 3.8) is 0 Å². The molecular formula is C17H21N5O. The van der Waals surface area contributed by atoms with Crippen molar-refractivity contribution in [3.05, 3.63) is 48.2 Å². The Labute approximate surface area is 134 Å². The van der Waals surface area contributed by atoms with Crippen molar-refractivity contribution in [3.8, 4) is 0 Å². The molecule has 6 heteroatoms. The smallest absolute Gasteiger partial charge is 0.0922 e. The number of aromatic nitrogens is 4. The molecule has 1 aliphatic rings. The highest BCUT2D eigenvalue weighted by atomic mass is 16.5. The van der Waals surface area contributed by atoms with Gasteiger partial charge in [-0.25, -0.2) is 4.98 Å². The molecule has 3 aromatic rings. The van der Waals surface area contributed by atoms with E-state index in [0.29, 0.717) is 5.92 Å². The summed E-state index contributed by atoms with van der Waals surface area (Å²) in [5, 5.41) is 8.26. The topological polar surface area (TPSA) is 69.8 Å². The molecule has 23 heavy (non-hydrogen) atoms. The Bertz CT molecular complexity index is 751. The zero-order valence-electron chi connectivity index (χ0n) is 13.0. The van der Waals surface area contributed by atoms with E-state index in [1.165, 1.54) is 10.9 Å². The molecule has 1 atom stereocenters. The second-order valence-corrected chi connectivity index (χ2v) is 6.25. The Morgan fingerprint density at radius 2 is 2.30 bits per heavy atom. The lowest BCUT2D eigenvalue weighted by Gasteiger charge is -2.22. The predicted molar refractivity (Wildman–Crippen MR) is 88.0 cm³/mol. The van der Waals surface area contributed by atoms with E-state index in [9.17, 15) is 0 Å². The van der Waals surface area contributed by atoms with Crippen LogP contribution in [0.4, 0.5) is 0 Å². The van der Waals surface area contributed by atoms with Gasteiger partial charge in [0.1, 0.15) is 0 Å². The molecule has 0 spiro atoms. The van der Waals surface area contributed by atoms with Crippen LogP contribution in [-0.2, 0) is 17.7 Å². The van der Waals surface area contributed by atoms with Crippen molar-refractivity contribution in [2.75, 3.05) is 26.3 Å². The molecular weight excluding hydrogens is 290 g/mol. The highest BCUT2D eigenvalue weighted by molar-refractivity contribution is 5.78. The van der Waals surface area contributed by atoms with Gasteiger partial charge in [-0.05, 0) is 30.0 Å². The van der Waals surface area contributed by atoms with E-state index in [2.05, 4.69) is 43.3 Å². The molecule has 1 fully saturated rings. The number of rotatable bonds is 4. The van der Waals surface area contributed by atoms with E-state index in [0.717, 1.165) is 50.5 Å². The summed E-state index contributed by atoms with van der Waals surface area (Å²) < 4.78 is 5.82. The number of hydrogen-bond donors (Lipinski definition) is 2. The van der Waals surface area contributed by atoms with Gasteiger partial charge >= 0.3 is 0 Å². The molecule has 1 aromatic carbocycles. The van der Waals surface area contributed by atoms with Crippen molar-refractivity contribution in [2.45, 2.75) is 13.0 Å². The van der Waals surface area contributed by atoms with Crippen LogP contribution in [0.5, 0.6) is 0 Å². The van der Waals surface area contributed by atoms with Crippen LogP contribution in [-0.4, -0.2) is 51.4 Å². The number of imidazole rings is 1. The third kappa shape index (κ3) is 3.43. The normalized spacial score (nSPS) is 19.9. The SMILES string of the molecule is c1ncc(CN2CCOCC(Cc3ccc4[nH]ncc4c3)C2)[nH]1. The molecule has 0 radical (unpaired) electrons. The van der Waals surface area contributed by atoms with E-state index in [1.54, 1.807) is 6.33 Å². The van der Waals surface area contributed by atoms with Gasteiger partial charge in [-0.3, -0.25) is 10.00 Å². The van der Waals surface area contributed by atoms with E-state index in [-0.39, 0.29) is 0 Å². The fourth-order valence-corrected chi connectivity index (χ4v) is 3.28. The van der Waals surface area contributed by atoms with Crippen LogP contribution < -0.4 is 0 Å². The zero-order chi connectivity index (χ0) is 15.5. The van der Waals surface area contributed by atoms with Crippen LogP contribution in [0.25, 0.3) is 10.9 Å². The van der Waals surface area contributed by atoms with Gasteiger partial charge < -0.3 is 9.72 Å². The van der Waals surface area contributed by atoms with E-state index in [1.807, 2.05) is 12.4 Å². The summed E-state index contributed by atoms with van der Waals surface area (Å²) in [5.41, 5.74) is 3.59. The molecule has 2 aromatic heterocycles. The lowest BCUT2D eigenvalue weighted by atomic mass is 9.98. The standard InChI is InChI=1S/C17H21N5O/c1-2-17-15(7-20-21-17)6-13(1)5-14-9-22(3-4-23-11-14)10-16-8-18-12-19-16/h1-2,6-8,12,14H,3-5,9-11H2,(H,18,19)(H,20,21). The van der Waals surface area contributed by atoms with E-state index < -0.39 is 0 Å². The lowest BCUT2D eigenvalue weighted by molar-refractivity contribution is 0.121. The van der Waals surface area contributed by atoms with E-state index >= 15 is 0 Å². The third-order valence-electron chi connectivity index (χ3n) is 4.40. The van der Waals surface area contributed by atoms with Gasteiger partial charge in [0.25, 0.3) is 0 Å². The quantitative estimate of drug-likeness (QED) is 0.773. The van der Waals surface area contributed by atoms with Gasteiger partial charge in [0.15, 0.2) is 0 Å². The largest absolute Gasteiger partial charge is 0.380 e. The molecule has 0 amide bonds. The minimum absolute atomic E-state index is 0.504. The summed E-state index contributed by atoms with van der Waals surface area (Å²) in [6.45, 7) is 4.54. The first-order chi connectivity index (χ1) is 11.4. The molecule has 0 bridgehead atoms. The molecule has 120 valence electrons. The van der Waals surface area contributed by atoms with Crippen LogP contribution in [0.1, 0.15) is 11.3 Å². The lowest BCUT2D eigenvalue weighted by Crippen LogP contribution is -2.30. The molecule has 4 rings (SSSR count). The molecule has 3 heterocycles. The molecule has 6 nitrogen and oxygen atoms in total. The van der Waals surface area contributed by atoms with Crippen LogP contribution in [0.2, 0.25) is 0 Å². The predicted octanol–water partition coefficient (Wildman–Crippen LogP) is 1.98. The molecule has 2 N–H and O–H groups in total. The second-order valence-electron chi connectivity index (χ2n) is 6.25. The van der Waals surface area contributed by atoms with Crippen LogP contribution >= 0.6 is 0 Å². The summed E-state index contributed by atoms with van der Waals surface area (Å²) in [4.78, 5) is 9.73. The number of aromatic amines is 2. The number of nitrogens with zero attached hydrogens (tertiary/aromatic N) is 3. The Morgan fingerprint density at radius 1 is 1.30 bits per heavy atom. The summed E-state index contributed by atoms with van der Waals surface area (Å²) >= 11 is 0. The number of nitrogens with one attached hydrogen (secondary N) is 2. The van der Waals surface area contributed by atoms with Gasteiger partial charge in [0.2, 0.25) is 0 Å². The highest BCUT2D eigenvalue weighted by Gasteiger charge is 2.19. The van der Waals surface area contributed by atoms with Gasteiger partial charge in [-0.1, -0.05) is 6.07 Å². The first-order valence-electron chi connectivity index (χ1n) is 8.06. The zero-order valence-corrected chi connectivity index (χ0v) is 13.0. The van der Waals surface area contributed by atoms with Crippen LogP contribution in [0.15, 0.2) is 36.9 Å². The Morgan fingerprint density at radius 3 is 3.22 bits per heavy atom. The average Bonchev–Trinajstić information content (AvgIpc) is 3.17.